The Morgan fingerprint density at radius 3 is 2.16 bits per heavy atom. The molecule has 0 saturated heterocycles. The first-order chi connectivity index (χ1) is 25.0. The van der Waals surface area contributed by atoms with Crippen LogP contribution in [0.1, 0.15) is 25.0 Å². The predicted octanol–water partition coefficient (Wildman–Crippen LogP) is 13.5. The summed E-state index contributed by atoms with van der Waals surface area (Å²) in [5.41, 5.74) is 12.1. The van der Waals surface area contributed by atoms with Crippen LogP contribution in [0.15, 0.2) is 154 Å². The lowest BCUT2D eigenvalue weighted by atomic mass is 9.82. The third-order valence-corrected chi connectivity index (χ3v) is 11.8. The van der Waals surface area contributed by atoms with Crippen molar-refractivity contribution in [2.75, 3.05) is 4.90 Å². The zero-order chi connectivity index (χ0) is 33.8. The monoisotopic (exact) mass is 674 g/mol. The van der Waals surface area contributed by atoms with E-state index in [2.05, 4.69) is 116 Å². The minimum absolute atomic E-state index is 0.103. The number of hydrogen-bond donors (Lipinski definition) is 0. The molecule has 4 nitrogen and oxygen atoms in total. The van der Waals surface area contributed by atoms with Crippen molar-refractivity contribution < 1.29 is 8.83 Å². The molecule has 0 atom stereocenters. The fourth-order valence-corrected chi connectivity index (χ4v) is 9.36. The number of hydrogen-bond acceptors (Lipinski definition) is 5. The number of aromatic nitrogens is 1. The molecule has 0 fully saturated rings. The van der Waals surface area contributed by atoms with Gasteiger partial charge in [-0.1, -0.05) is 98.8 Å². The minimum atomic E-state index is -0.103. The SMILES string of the molecule is CC1(C)c2ccccc2-c2cc(N(c3ccc4sc5ccccc5c4c3)c3c4nc(-c5ccccc5)oc4cc4oc5ccccc5c34)ccc21. The number of anilines is 3. The molecule has 0 bridgehead atoms. The largest absolute Gasteiger partial charge is 0.456 e. The van der Waals surface area contributed by atoms with Gasteiger partial charge in [-0.05, 0) is 76.9 Å². The fourth-order valence-electron chi connectivity index (χ4n) is 8.28. The highest BCUT2D eigenvalue weighted by Crippen LogP contribution is 2.53. The molecule has 0 spiro atoms. The highest BCUT2D eigenvalue weighted by atomic mass is 32.1. The van der Waals surface area contributed by atoms with Gasteiger partial charge in [0.15, 0.2) is 5.58 Å². The third kappa shape index (κ3) is 4.10. The van der Waals surface area contributed by atoms with Crippen molar-refractivity contribution in [3.05, 3.63) is 157 Å². The quantitative estimate of drug-likeness (QED) is 0.186. The summed E-state index contributed by atoms with van der Waals surface area (Å²) in [5, 5.41) is 4.53. The van der Waals surface area contributed by atoms with Gasteiger partial charge in [0, 0.05) is 54.0 Å². The number of fused-ring (bicyclic) bond motifs is 10. The van der Waals surface area contributed by atoms with Gasteiger partial charge in [0.1, 0.15) is 16.7 Å². The lowest BCUT2D eigenvalue weighted by Crippen LogP contribution is -2.15. The Hall–Kier alpha value is -6.17. The zero-order valence-corrected chi connectivity index (χ0v) is 28.8. The average molecular weight is 675 g/mol. The van der Waals surface area contributed by atoms with Crippen molar-refractivity contribution in [2.45, 2.75) is 19.3 Å². The number of benzene rings is 7. The van der Waals surface area contributed by atoms with Crippen LogP contribution in [0.25, 0.3) is 75.8 Å². The van der Waals surface area contributed by atoms with Crippen LogP contribution >= 0.6 is 11.3 Å². The molecule has 5 heteroatoms. The van der Waals surface area contributed by atoms with E-state index >= 15 is 0 Å². The van der Waals surface area contributed by atoms with Gasteiger partial charge in [0.05, 0.1) is 11.1 Å². The Morgan fingerprint density at radius 1 is 0.549 bits per heavy atom. The van der Waals surface area contributed by atoms with E-state index in [-0.39, 0.29) is 5.41 Å². The lowest BCUT2D eigenvalue weighted by molar-refractivity contribution is 0.617. The van der Waals surface area contributed by atoms with Crippen molar-refractivity contribution in [1.82, 2.24) is 4.98 Å². The molecule has 11 rings (SSSR count). The molecule has 0 aliphatic heterocycles. The smallest absolute Gasteiger partial charge is 0.227 e. The summed E-state index contributed by atoms with van der Waals surface area (Å²) < 4.78 is 15.7. The second-order valence-corrected chi connectivity index (χ2v) is 15.0. The summed E-state index contributed by atoms with van der Waals surface area (Å²) in [4.78, 5) is 7.66. The van der Waals surface area contributed by atoms with Gasteiger partial charge in [-0.3, -0.25) is 0 Å². The van der Waals surface area contributed by atoms with Crippen LogP contribution in [0.2, 0.25) is 0 Å². The van der Waals surface area contributed by atoms with E-state index in [1.165, 1.54) is 42.4 Å². The van der Waals surface area contributed by atoms with Gasteiger partial charge in [0.2, 0.25) is 5.89 Å². The molecule has 0 radical (unpaired) electrons. The Bertz CT molecular complexity index is 3020. The second-order valence-electron chi connectivity index (χ2n) is 13.9. The van der Waals surface area contributed by atoms with E-state index in [4.69, 9.17) is 13.8 Å². The summed E-state index contributed by atoms with van der Waals surface area (Å²) in [6.07, 6.45) is 0. The fraction of sp³-hybridized carbons (Fsp3) is 0.0652. The normalized spacial score (nSPS) is 13.5. The van der Waals surface area contributed by atoms with Gasteiger partial charge in [0.25, 0.3) is 0 Å². The van der Waals surface area contributed by atoms with Crippen LogP contribution in [0.3, 0.4) is 0 Å². The Kier molecular flexibility index (Phi) is 5.85. The Labute approximate surface area is 297 Å². The van der Waals surface area contributed by atoms with E-state index in [1.54, 1.807) is 0 Å². The van der Waals surface area contributed by atoms with Crippen molar-refractivity contribution in [3.8, 4) is 22.6 Å². The Morgan fingerprint density at radius 2 is 1.25 bits per heavy atom. The van der Waals surface area contributed by atoms with Crippen molar-refractivity contribution >= 4 is 81.6 Å². The molecular weight excluding hydrogens is 645 g/mol. The zero-order valence-electron chi connectivity index (χ0n) is 28.0. The van der Waals surface area contributed by atoms with Crippen LogP contribution in [0.4, 0.5) is 17.1 Å². The second kappa shape index (κ2) is 10.4. The number of para-hydroxylation sites is 1. The maximum atomic E-state index is 6.59. The highest BCUT2D eigenvalue weighted by molar-refractivity contribution is 7.25. The van der Waals surface area contributed by atoms with Crippen molar-refractivity contribution in [2.24, 2.45) is 0 Å². The standard InChI is InChI=1S/C46H30N2O2S/c1-46(2)35-17-9-6-14-30(35)33-24-28(20-22-36(33)46)48(29-21-23-41-34(25-29)31-15-8-11-19-40(31)51-41)44-42-32-16-7-10-18-37(32)49-38(42)26-39-43(44)47-45(50-39)27-12-4-3-5-13-27/h3-26H,1-2H3. The summed E-state index contributed by atoms with van der Waals surface area (Å²) >= 11 is 1.83. The first-order valence-electron chi connectivity index (χ1n) is 17.3. The van der Waals surface area contributed by atoms with Crippen LogP contribution in [0, 0.1) is 0 Å². The molecule has 0 amide bonds. The van der Waals surface area contributed by atoms with Crippen LogP contribution in [0.5, 0.6) is 0 Å². The molecule has 0 saturated carbocycles. The number of thiophene rings is 1. The van der Waals surface area contributed by atoms with E-state index in [0.29, 0.717) is 11.5 Å². The van der Waals surface area contributed by atoms with E-state index in [1.807, 2.05) is 59.9 Å². The van der Waals surface area contributed by atoms with Gasteiger partial charge >= 0.3 is 0 Å². The summed E-state index contributed by atoms with van der Waals surface area (Å²) in [5.74, 6) is 0.577. The lowest BCUT2D eigenvalue weighted by Gasteiger charge is -2.28. The van der Waals surface area contributed by atoms with Gasteiger partial charge in [-0.25, -0.2) is 4.98 Å². The van der Waals surface area contributed by atoms with E-state index < -0.39 is 0 Å². The van der Waals surface area contributed by atoms with Crippen LogP contribution in [-0.2, 0) is 5.41 Å². The topological polar surface area (TPSA) is 42.4 Å². The molecule has 3 aromatic heterocycles. The Balaban J connectivity index is 1.27. The number of furan rings is 1. The summed E-state index contributed by atoms with van der Waals surface area (Å²) in [6.45, 7) is 4.65. The molecule has 1 aliphatic rings. The van der Waals surface area contributed by atoms with Crippen LogP contribution in [-0.4, -0.2) is 4.98 Å². The molecule has 242 valence electrons. The molecule has 1 aliphatic carbocycles. The maximum absolute atomic E-state index is 6.59. The van der Waals surface area contributed by atoms with Gasteiger partial charge in [-0.2, -0.15) is 0 Å². The van der Waals surface area contributed by atoms with Gasteiger partial charge < -0.3 is 13.7 Å². The summed E-state index contributed by atoms with van der Waals surface area (Å²) in [6, 6.07) is 51.7. The van der Waals surface area contributed by atoms with Crippen molar-refractivity contribution in [1.29, 1.82) is 0 Å². The molecule has 7 aromatic carbocycles. The molecule has 51 heavy (non-hydrogen) atoms. The van der Waals surface area contributed by atoms with E-state index in [9.17, 15) is 0 Å². The third-order valence-electron chi connectivity index (χ3n) is 10.7. The minimum Gasteiger partial charge on any atom is -0.456 e. The highest BCUT2D eigenvalue weighted by Gasteiger charge is 2.36. The molecule has 0 unspecified atom stereocenters. The molecule has 3 heterocycles. The first kappa shape index (κ1) is 28.6. The van der Waals surface area contributed by atoms with Crippen molar-refractivity contribution in [3.63, 3.8) is 0 Å². The number of rotatable bonds is 4. The summed E-state index contributed by atoms with van der Waals surface area (Å²) in [7, 11) is 0. The molecule has 10 aromatic rings. The number of oxazole rings is 1. The maximum Gasteiger partial charge on any atom is 0.227 e. The first-order valence-corrected chi connectivity index (χ1v) is 18.1. The molecule has 0 N–H and O–H groups in total. The molecular formula is C46H30N2O2S. The van der Waals surface area contributed by atoms with E-state index in [0.717, 1.165) is 50.1 Å². The average Bonchev–Trinajstić information content (AvgIpc) is 3.92. The van der Waals surface area contributed by atoms with Crippen LogP contribution < -0.4 is 4.90 Å². The predicted molar refractivity (Wildman–Crippen MR) is 212 cm³/mol. The number of nitrogens with zero attached hydrogens (tertiary/aromatic N) is 2. The van der Waals surface area contributed by atoms with Gasteiger partial charge in [-0.15, -0.1) is 11.3 Å².